The molecule has 1 fully saturated rings. The molecular weight excluding hydrogens is 370 g/mol. The van der Waals surface area contributed by atoms with Gasteiger partial charge in [-0.05, 0) is 51.1 Å². The van der Waals surface area contributed by atoms with Gasteiger partial charge in [-0.3, -0.25) is 4.79 Å². The molecule has 4 atom stereocenters. The van der Waals surface area contributed by atoms with Gasteiger partial charge in [-0.15, -0.1) is 0 Å². The van der Waals surface area contributed by atoms with Crippen LogP contribution in [-0.4, -0.2) is 47.4 Å². The van der Waals surface area contributed by atoms with Crippen LogP contribution < -0.4 is 9.47 Å². The van der Waals surface area contributed by atoms with Crippen molar-refractivity contribution in [3.63, 3.8) is 0 Å². The number of hydrogen-bond donors (Lipinski definition) is 0. The minimum Gasteiger partial charge on any atom is -0.493 e. The lowest BCUT2D eigenvalue weighted by Crippen LogP contribution is -2.75. The normalized spacial score (nSPS) is 41.8. The summed E-state index contributed by atoms with van der Waals surface area (Å²) in [4.78, 5) is 15.4. The molecule has 0 saturated carbocycles. The number of likely N-dealkylation sites (N-methyl/N-ethyl adjacent to an activating group) is 1. The topological polar surface area (TPSA) is 38.8 Å². The maximum atomic E-state index is 13.0. The van der Waals surface area contributed by atoms with Gasteiger partial charge in [0.2, 0.25) is 0 Å². The molecule has 1 aromatic rings. The van der Waals surface area contributed by atoms with Crippen molar-refractivity contribution < 1.29 is 14.3 Å². The number of carbonyl (C=O) groups is 1. The van der Waals surface area contributed by atoms with Crippen LogP contribution >= 0.6 is 15.9 Å². The van der Waals surface area contributed by atoms with Crippen molar-refractivity contribution in [3.05, 3.63) is 35.4 Å². The molecule has 126 valence electrons. The molecule has 2 aliphatic heterocycles. The van der Waals surface area contributed by atoms with E-state index >= 15 is 0 Å². The Morgan fingerprint density at radius 3 is 2.96 bits per heavy atom. The molecule has 1 aromatic carbocycles. The second-order valence-electron chi connectivity index (χ2n) is 7.59. The quantitative estimate of drug-likeness (QED) is 0.692. The smallest absolute Gasteiger partial charge is 0.199 e. The van der Waals surface area contributed by atoms with E-state index in [0.717, 1.165) is 30.9 Å². The summed E-state index contributed by atoms with van der Waals surface area (Å²) in [5.74, 6) is 1.53. The van der Waals surface area contributed by atoms with Crippen LogP contribution in [0.4, 0.5) is 0 Å². The molecule has 0 amide bonds. The number of ketones is 1. The predicted octanol–water partition coefficient (Wildman–Crippen LogP) is 2.62. The molecule has 1 saturated heterocycles. The van der Waals surface area contributed by atoms with Gasteiger partial charge in [0, 0.05) is 11.6 Å². The molecule has 1 spiro atoms. The van der Waals surface area contributed by atoms with E-state index in [1.54, 1.807) is 13.2 Å². The Balaban J connectivity index is 1.93. The van der Waals surface area contributed by atoms with Gasteiger partial charge >= 0.3 is 0 Å². The summed E-state index contributed by atoms with van der Waals surface area (Å²) in [7, 11) is 3.83. The minimum absolute atomic E-state index is 0.0481. The Kier molecular flexibility index (Phi) is 2.65. The van der Waals surface area contributed by atoms with Crippen molar-refractivity contribution in [1.29, 1.82) is 0 Å². The fourth-order valence-electron chi connectivity index (χ4n) is 5.63. The number of ether oxygens (including phenoxy) is 2. The first kappa shape index (κ1) is 15.0. The molecule has 4 nitrogen and oxygen atoms in total. The Morgan fingerprint density at radius 1 is 1.42 bits per heavy atom. The summed E-state index contributed by atoms with van der Waals surface area (Å²) in [6, 6.07) is 4.42. The zero-order chi connectivity index (χ0) is 16.9. The summed E-state index contributed by atoms with van der Waals surface area (Å²) >= 11 is 4.10. The first-order valence-electron chi connectivity index (χ1n) is 8.41. The van der Waals surface area contributed by atoms with Gasteiger partial charge in [0.25, 0.3) is 0 Å². The van der Waals surface area contributed by atoms with Crippen LogP contribution in [0.15, 0.2) is 24.3 Å². The molecule has 5 heteroatoms. The summed E-state index contributed by atoms with van der Waals surface area (Å²) in [6.07, 6.45) is 5.61. The van der Waals surface area contributed by atoms with Gasteiger partial charge in [0.15, 0.2) is 22.9 Å². The molecule has 4 aliphatic rings. The molecule has 2 heterocycles. The van der Waals surface area contributed by atoms with E-state index in [2.05, 4.69) is 40.0 Å². The zero-order valence-electron chi connectivity index (χ0n) is 14.1. The molecular formula is C19H20BrNO3. The van der Waals surface area contributed by atoms with Crippen LogP contribution in [0.2, 0.25) is 0 Å². The summed E-state index contributed by atoms with van der Waals surface area (Å²) in [5.41, 5.74) is 1.18. The highest BCUT2D eigenvalue weighted by molar-refractivity contribution is 9.10. The minimum atomic E-state index is -0.892. The highest BCUT2D eigenvalue weighted by Crippen LogP contribution is 2.69. The third-order valence-electron chi connectivity index (χ3n) is 6.85. The van der Waals surface area contributed by atoms with Gasteiger partial charge in [0.05, 0.1) is 16.8 Å². The van der Waals surface area contributed by atoms with Crippen molar-refractivity contribution in [2.45, 2.75) is 41.1 Å². The number of likely N-dealkylation sites (tertiary alicyclic amines) is 1. The number of nitrogens with zero attached hydrogens (tertiary/aromatic N) is 1. The Labute approximate surface area is 149 Å². The van der Waals surface area contributed by atoms with E-state index in [-0.39, 0.29) is 15.5 Å². The van der Waals surface area contributed by atoms with Crippen molar-refractivity contribution >= 4 is 21.7 Å². The number of hydrogen-bond acceptors (Lipinski definition) is 4. The molecule has 0 unspecified atom stereocenters. The highest BCUT2D eigenvalue weighted by atomic mass is 79.9. The second kappa shape index (κ2) is 4.25. The predicted molar refractivity (Wildman–Crippen MR) is 94.2 cm³/mol. The lowest BCUT2D eigenvalue weighted by molar-refractivity contribution is -0.138. The SMILES string of the molecule is COc1ccc2c3c1O[C@@]1(C)C(=O)C=C[C@@]4(Br)[C@@H](C2)N(C)CC[C@]314. The Hall–Kier alpha value is -1.33. The molecule has 2 aliphatic carbocycles. The van der Waals surface area contributed by atoms with E-state index < -0.39 is 5.60 Å². The number of piperidine rings is 1. The van der Waals surface area contributed by atoms with Crippen LogP contribution in [0.5, 0.6) is 11.5 Å². The fraction of sp³-hybridized carbons (Fsp3) is 0.526. The molecule has 0 N–H and O–H groups in total. The fourth-order valence-corrected chi connectivity index (χ4v) is 7.05. The Bertz CT molecular complexity index is 821. The van der Waals surface area contributed by atoms with Crippen molar-refractivity contribution in [2.75, 3.05) is 20.7 Å². The molecule has 5 rings (SSSR count). The van der Waals surface area contributed by atoms with Crippen LogP contribution in [0.25, 0.3) is 0 Å². The standard InChI is InChI=1S/C19H20BrNO3/c1-17-14(22)6-7-19(20)13-10-11-4-5-12(23-3)16(24-17)15(11)18(17,19)8-9-21(13)2/h4-7,13H,8-10H2,1-3H3/t13-,17+,18+,19-/m1/s1. The van der Waals surface area contributed by atoms with Gasteiger partial charge in [-0.25, -0.2) is 0 Å². The van der Waals surface area contributed by atoms with Crippen LogP contribution in [-0.2, 0) is 16.6 Å². The van der Waals surface area contributed by atoms with Gasteiger partial charge in [-0.2, -0.15) is 0 Å². The highest BCUT2D eigenvalue weighted by Gasteiger charge is 2.76. The lowest BCUT2D eigenvalue weighted by Gasteiger charge is -2.62. The number of benzene rings is 1. The number of rotatable bonds is 1. The molecule has 24 heavy (non-hydrogen) atoms. The average molecular weight is 390 g/mol. The van der Waals surface area contributed by atoms with Crippen LogP contribution in [0.3, 0.4) is 0 Å². The van der Waals surface area contributed by atoms with Crippen molar-refractivity contribution in [3.8, 4) is 11.5 Å². The zero-order valence-corrected chi connectivity index (χ0v) is 15.6. The largest absolute Gasteiger partial charge is 0.493 e. The summed E-state index contributed by atoms with van der Waals surface area (Å²) in [5, 5.41) is 0. The van der Waals surface area contributed by atoms with E-state index in [0.29, 0.717) is 6.04 Å². The number of methoxy groups -OCH3 is 1. The number of halogens is 1. The van der Waals surface area contributed by atoms with E-state index in [4.69, 9.17) is 9.47 Å². The monoisotopic (exact) mass is 389 g/mol. The van der Waals surface area contributed by atoms with E-state index in [9.17, 15) is 4.79 Å². The molecule has 0 radical (unpaired) electrons. The molecule has 2 bridgehead atoms. The maximum absolute atomic E-state index is 13.0. The lowest BCUT2D eigenvalue weighted by atomic mass is 9.49. The number of carbonyl (C=O) groups excluding carboxylic acids is 1. The van der Waals surface area contributed by atoms with Gasteiger partial charge < -0.3 is 14.4 Å². The van der Waals surface area contributed by atoms with E-state index in [1.807, 2.05) is 13.0 Å². The van der Waals surface area contributed by atoms with Crippen LogP contribution in [0.1, 0.15) is 24.5 Å². The van der Waals surface area contributed by atoms with E-state index in [1.165, 1.54) is 11.1 Å². The third kappa shape index (κ3) is 1.29. The summed E-state index contributed by atoms with van der Waals surface area (Å²) < 4.78 is 11.7. The first-order valence-corrected chi connectivity index (χ1v) is 9.20. The van der Waals surface area contributed by atoms with Crippen molar-refractivity contribution in [2.24, 2.45) is 0 Å². The first-order chi connectivity index (χ1) is 11.4. The Morgan fingerprint density at radius 2 is 2.21 bits per heavy atom. The molecule has 0 aromatic heterocycles. The average Bonchev–Trinajstić information content (AvgIpc) is 2.84. The third-order valence-corrected chi connectivity index (χ3v) is 8.32. The van der Waals surface area contributed by atoms with Gasteiger partial charge in [0.1, 0.15) is 0 Å². The summed E-state index contributed by atoms with van der Waals surface area (Å²) in [6.45, 7) is 2.92. The van der Waals surface area contributed by atoms with Crippen LogP contribution in [0, 0.1) is 0 Å². The van der Waals surface area contributed by atoms with Crippen molar-refractivity contribution in [1.82, 2.24) is 4.90 Å². The number of alkyl halides is 1. The van der Waals surface area contributed by atoms with Gasteiger partial charge in [-0.1, -0.05) is 28.1 Å². The second-order valence-corrected chi connectivity index (χ2v) is 8.90. The maximum Gasteiger partial charge on any atom is 0.199 e.